The molecule has 0 fully saturated rings. The zero-order valence-electron chi connectivity index (χ0n) is 12.8. The van der Waals surface area contributed by atoms with Gasteiger partial charge in [-0.25, -0.2) is 5.43 Å². The maximum absolute atomic E-state index is 12.0. The second-order valence-corrected chi connectivity index (χ2v) is 4.91. The van der Waals surface area contributed by atoms with Crippen LogP contribution in [-0.2, 0) is 4.79 Å². The fourth-order valence-corrected chi connectivity index (χ4v) is 1.95. The normalized spacial score (nSPS) is 11.0. The lowest BCUT2D eigenvalue weighted by Crippen LogP contribution is -2.19. The summed E-state index contributed by atoms with van der Waals surface area (Å²) in [6.07, 6.45) is 0. The third-order valence-electron chi connectivity index (χ3n) is 3.09. The first kappa shape index (κ1) is 16.2. The number of para-hydroxylation sites is 1. The minimum atomic E-state index is -0.380. The SMILES string of the molecule is CC(=O)Nc1ccc(C(=O)N/N=C(\C)c2ccccc2O)cc1. The third kappa shape index (κ3) is 4.41. The van der Waals surface area contributed by atoms with Crippen molar-refractivity contribution < 1.29 is 14.7 Å². The van der Waals surface area contributed by atoms with E-state index in [2.05, 4.69) is 15.8 Å². The van der Waals surface area contributed by atoms with Gasteiger partial charge in [0.05, 0.1) is 5.71 Å². The maximum Gasteiger partial charge on any atom is 0.271 e. The average molecular weight is 311 g/mol. The molecule has 23 heavy (non-hydrogen) atoms. The van der Waals surface area contributed by atoms with Crippen LogP contribution in [-0.4, -0.2) is 22.6 Å². The van der Waals surface area contributed by atoms with E-state index < -0.39 is 0 Å². The highest BCUT2D eigenvalue weighted by Crippen LogP contribution is 2.16. The van der Waals surface area contributed by atoms with E-state index in [1.54, 1.807) is 55.5 Å². The Kier molecular flexibility index (Phi) is 5.09. The summed E-state index contributed by atoms with van der Waals surface area (Å²) in [7, 11) is 0. The minimum absolute atomic E-state index is 0.0997. The van der Waals surface area contributed by atoms with Crippen LogP contribution in [0.25, 0.3) is 0 Å². The molecule has 0 atom stereocenters. The topological polar surface area (TPSA) is 90.8 Å². The highest BCUT2D eigenvalue weighted by atomic mass is 16.3. The largest absolute Gasteiger partial charge is 0.507 e. The molecular weight excluding hydrogens is 294 g/mol. The third-order valence-corrected chi connectivity index (χ3v) is 3.09. The molecule has 0 radical (unpaired) electrons. The van der Waals surface area contributed by atoms with Crippen LogP contribution in [0, 0.1) is 0 Å². The van der Waals surface area contributed by atoms with Gasteiger partial charge >= 0.3 is 0 Å². The van der Waals surface area contributed by atoms with E-state index in [9.17, 15) is 14.7 Å². The fraction of sp³-hybridized carbons (Fsp3) is 0.118. The number of hydrogen-bond acceptors (Lipinski definition) is 4. The number of aromatic hydroxyl groups is 1. The number of carbonyl (C=O) groups excluding carboxylic acids is 2. The van der Waals surface area contributed by atoms with Crippen molar-refractivity contribution in [3.05, 3.63) is 59.7 Å². The molecule has 6 nitrogen and oxygen atoms in total. The molecule has 2 aromatic carbocycles. The van der Waals surface area contributed by atoms with Crippen LogP contribution < -0.4 is 10.7 Å². The first-order chi connectivity index (χ1) is 11.0. The number of amides is 2. The molecule has 2 amide bonds. The zero-order valence-corrected chi connectivity index (χ0v) is 12.8. The van der Waals surface area contributed by atoms with Gasteiger partial charge in [0.15, 0.2) is 0 Å². The molecule has 0 unspecified atom stereocenters. The van der Waals surface area contributed by atoms with Crippen molar-refractivity contribution in [2.45, 2.75) is 13.8 Å². The van der Waals surface area contributed by atoms with Gasteiger partial charge in [-0.1, -0.05) is 12.1 Å². The Balaban J connectivity index is 2.05. The molecule has 0 aromatic heterocycles. The van der Waals surface area contributed by atoms with Crippen LogP contribution in [0.3, 0.4) is 0 Å². The lowest BCUT2D eigenvalue weighted by atomic mass is 10.1. The molecule has 0 bridgehead atoms. The van der Waals surface area contributed by atoms with Gasteiger partial charge in [0.1, 0.15) is 5.75 Å². The predicted octanol–water partition coefficient (Wildman–Crippen LogP) is 2.50. The standard InChI is InChI=1S/C17H17N3O3/c1-11(15-5-3-4-6-16(15)22)19-20-17(23)13-7-9-14(10-8-13)18-12(2)21/h3-10,22H,1-2H3,(H,18,21)(H,20,23)/b19-11+. The second-order valence-electron chi connectivity index (χ2n) is 4.91. The van der Waals surface area contributed by atoms with Crippen LogP contribution in [0.1, 0.15) is 29.8 Å². The molecule has 0 saturated carbocycles. The highest BCUT2D eigenvalue weighted by molar-refractivity contribution is 6.02. The summed E-state index contributed by atoms with van der Waals surface area (Å²) in [4.78, 5) is 23.0. The summed E-state index contributed by atoms with van der Waals surface area (Å²) in [5, 5.41) is 16.4. The predicted molar refractivity (Wildman–Crippen MR) is 88.5 cm³/mol. The van der Waals surface area contributed by atoms with Gasteiger partial charge in [-0.2, -0.15) is 5.10 Å². The highest BCUT2D eigenvalue weighted by Gasteiger charge is 2.07. The van der Waals surface area contributed by atoms with E-state index in [1.807, 2.05) is 0 Å². The molecule has 0 aliphatic carbocycles. The van der Waals surface area contributed by atoms with Crippen LogP contribution >= 0.6 is 0 Å². The Morgan fingerprint density at radius 2 is 1.65 bits per heavy atom. The molecule has 2 rings (SSSR count). The quantitative estimate of drug-likeness (QED) is 0.598. The maximum atomic E-state index is 12.0. The average Bonchev–Trinajstić information content (AvgIpc) is 2.53. The van der Waals surface area contributed by atoms with E-state index in [-0.39, 0.29) is 17.6 Å². The Morgan fingerprint density at radius 1 is 1.00 bits per heavy atom. The van der Waals surface area contributed by atoms with Gasteiger partial charge in [0, 0.05) is 23.7 Å². The lowest BCUT2D eigenvalue weighted by Gasteiger charge is -2.06. The summed E-state index contributed by atoms with van der Waals surface area (Å²) in [5.74, 6) is -0.457. The number of benzene rings is 2. The van der Waals surface area contributed by atoms with E-state index in [1.165, 1.54) is 6.92 Å². The van der Waals surface area contributed by atoms with Gasteiger partial charge in [-0.15, -0.1) is 0 Å². The van der Waals surface area contributed by atoms with Crippen molar-refractivity contribution in [3.8, 4) is 5.75 Å². The fourth-order valence-electron chi connectivity index (χ4n) is 1.95. The summed E-state index contributed by atoms with van der Waals surface area (Å²) in [6, 6.07) is 13.2. The smallest absolute Gasteiger partial charge is 0.271 e. The molecule has 0 aliphatic rings. The first-order valence-electron chi connectivity index (χ1n) is 6.98. The van der Waals surface area contributed by atoms with Gasteiger partial charge in [0.2, 0.25) is 5.91 Å². The molecule has 6 heteroatoms. The summed E-state index contributed by atoms with van der Waals surface area (Å²) in [6.45, 7) is 3.10. The Hall–Kier alpha value is -3.15. The van der Waals surface area contributed by atoms with Crippen LogP contribution in [0.15, 0.2) is 53.6 Å². The number of anilines is 1. The molecular formula is C17H17N3O3. The molecule has 0 heterocycles. The van der Waals surface area contributed by atoms with E-state index in [0.717, 1.165) is 0 Å². The number of hydrogen-bond donors (Lipinski definition) is 3. The van der Waals surface area contributed by atoms with Crippen LogP contribution in [0.5, 0.6) is 5.75 Å². The molecule has 0 spiro atoms. The lowest BCUT2D eigenvalue weighted by molar-refractivity contribution is -0.114. The van der Waals surface area contributed by atoms with Crippen LogP contribution in [0.4, 0.5) is 5.69 Å². The number of phenolic OH excluding ortho intramolecular Hbond substituents is 1. The summed E-state index contributed by atoms with van der Waals surface area (Å²) in [5.41, 5.74) is 4.50. The van der Waals surface area contributed by atoms with Crippen molar-refractivity contribution in [1.82, 2.24) is 5.43 Å². The second kappa shape index (κ2) is 7.22. The van der Waals surface area contributed by atoms with E-state index in [4.69, 9.17) is 0 Å². The Morgan fingerprint density at radius 3 is 2.26 bits per heavy atom. The van der Waals surface area contributed by atoms with Crippen molar-refractivity contribution in [3.63, 3.8) is 0 Å². The van der Waals surface area contributed by atoms with Crippen molar-refractivity contribution in [2.75, 3.05) is 5.32 Å². The minimum Gasteiger partial charge on any atom is -0.507 e. The van der Waals surface area contributed by atoms with E-state index in [0.29, 0.717) is 22.5 Å². The van der Waals surface area contributed by atoms with Crippen molar-refractivity contribution in [1.29, 1.82) is 0 Å². The summed E-state index contributed by atoms with van der Waals surface area (Å²) < 4.78 is 0. The monoisotopic (exact) mass is 311 g/mol. The number of phenols is 1. The van der Waals surface area contributed by atoms with Crippen molar-refractivity contribution >= 4 is 23.2 Å². The van der Waals surface area contributed by atoms with Crippen molar-refractivity contribution in [2.24, 2.45) is 5.10 Å². The molecule has 0 saturated heterocycles. The van der Waals surface area contributed by atoms with Gasteiger partial charge < -0.3 is 10.4 Å². The summed E-state index contributed by atoms with van der Waals surface area (Å²) >= 11 is 0. The zero-order chi connectivity index (χ0) is 16.8. The molecule has 2 aromatic rings. The molecule has 3 N–H and O–H groups in total. The Labute approximate surface area is 133 Å². The van der Waals surface area contributed by atoms with Gasteiger partial charge in [0.25, 0.3) is 5.91 Å². The number of nitrogens with zero attached hydrogens (tertiary/aromatic N) is 1. The number of carbonyl (C=O) groups is 2. The molecule has 0 aliphatic heterocycles. The van der Waals surface area contributed by atoms with E-state index >= 15 is 0 Å². The molecule has 118 valence electrons. The first-order valence-corrected chi connectivity index (χ1v) is 6.98. The number of rotatable bonds is 4. The van der Waals surface area contributed by atoms with Crippen LogP contribution in [0.2, 0.25) is 0 Å². The number of hydrazone groups is 1. The van der Waals surface area contributed by atoms with Gasteiger partial charge in [-0.05, 0) is 43.3 Å². The van der Waals surface area contributed by atoms with Gasteiger partial charge in [-0.3, -0.25) is 9.59 Å². The Bertz CT molecular complexity index is 752. The number of nitrogens with one attached hydrogen (secondary N) is 2.